The van der Waals surface area contributed by atoms with Crippen LogP contribution < -0.4 is 16.4 Å². The maximum Gasteiger partial charge on any atom is 0.312 e. The number of anilines is 1. The Balaban J connectivity index is 2.14. The molecule has 0 aliphatic carbocycles. The third-order valence-corrected chi connectivity index (χ3v) is 3.10. The summed E-state index contributed by atoms with van der Waals surface area (Å²) in [7, 11) is 0. The Bertz CT molecular complexity index is 708. The zero-order chi connectivity index (χ0) is 16.8. The van der Waals surface area contributed by atoms with Gasteiger partial charge in [0.15, 0.2) is 0 Å². The van der Waals surface area contributed by atoms with Gasteiger partial charge in [-0.25, -0.2) is 13.6 Å². The lowest BCUT2D eigenvalue weighted by atomic mass is 10.1. The first-order valence-corrected chi connectivity index (χ1v) is 6.81. The highest BCUT2D eigenvalue weighted by atomic mass is 19.1. The molecule has 5 nitrogen and oxygen atoms in total. The molecule has 1 unspecified atom stereocenters. The van der Waals surface area contributed by atoms with Gasteiger partial charge in [0, 0.05) is 12.5 Å². The number of hydrogen-bond donors (Lipinski definition) is 3. The summed E-state index contributed by atoms with van der Waals surface area (Å²) in [6.07, 6.45) is 0.179. The molecular formula is C16H15F2N3O2. The number of amides is 3. The minimum absolute atomic E-state index is 0.179. The molecule has 0 aliphatic heterocycles. The second-order valence-corrected chi connectivity index (χ2v) is 4.86. The summed E-state index contributed by atoms with van der Waals surface area (Å²) >= 11 is 0. The first kappa shape index (κ1) is 16.4. The summed E-state index contributed by atoms with van der Waals surface area (Å²) in [4.78, 5) is 23.3. The van der Waals surface area contributed by atoms with Crippen molar-refractivity contribution in [2.24, 2.45) is 5.73 Å². The van der Waals surface area contributed by atoms with Crippen molar-refractivity contribution in [3.8, 4) is 0 Å². The molecule has 0 saturated heterocycles. The Morgan fingerprint density at radius 2 is 1.78 bits per heavy atom. The van der Waals surface area contributed by atoms with E-state index in [0.29, 0.717) is 6.07 Å². The largest absolute Gasteiger partial charge is 0.352 e. The van der Waals surface area contributed by atoms with Crippen LogP contribution in [0.1, 0.15) is 5.56 Å². The van der Waals surface area contributed by atoms with Crippen LogP contribution in [0.3, 0.4) is 0 Å². The van der Waals surface area contributed by atoms with Gasteiger partial charge in [0.25, 0.3) is 0 Å². The standard InChI is InChI=1S/C16H15F2N3O2/c17-11-6-7-13(12(18)9-11)20-15(22)14(21-16(19)23)8-10-4-2-1-3-5-10/h1-7,9,14H,8H2,(H,20,22)(H3,19,21,23). The van der Waals surface area contributed by atoms with Crippen molar-refractivity contribution in [3.63, 3.8) is 0 Å². The summed E-state index contributed by atoms with van der Waals surface area (Å²) in [5.41, 5.74) is 5.69. The highest BCUT2D eigenvalue weighted by Gasteiger charge is 2.21. The molecule has 0 fully saturated rings. The third kappa shape index (κ3) is 4.77. The van der Waals surface area contributed by atoms with Gasteiger partial charge in [-0.3, -0.25) is 4.79 Å². The number of benzene rings is 2. The quantitative estimate of drug-likeness (QED) is 0.789. The van der Waals surface area contributed by atoms with E-state index in [1.54, 1.807) is 24.3 Å². The number of urea groups is 1. The molecule has 2 rings (SSSR count). The van der Waals surface area contributed by atoms with Crippen molar-refractivity contribution in [1.82, 2.24) is 5.32 Å². The fourth-order valence-electron chi connectivity index (χ4n) is 2.04. The minimum atomic E-state index is -0.987. The number of rotatable bonds is 5. The summed E-state index contributed by atoms with van der Waals surface area (Å²) in [5, 5.41) is 4.62. The lowest BCUT2D eigenvalue weighted by Crippen LogP contribution is -2.47. The SMILES string of the molecule is NC(=O)NC(Cc1ccccc1)C(=O)Nc1ccc(F)cc1F. The lowest BCUT2D eigenvalue weighted by Gasteiger charge is -2.17. The average Bonchev–Trinajstić information content (AvgIpc) is 2.50. The zero-order valence-electron chi connectivity index (χ0n) is 12.1. The van der Waals surface area contributed by atoms with Gasteiger partial charge in [0.05, 0.1) is 5.69 Å². The maximum atomic E-state index is 13.6. The van der Waals surface area contributed by atoms with Gasteiger partial charge < -0.3 is 16.4 Å². The first-order valence-electron chi connectivity index (χ1n) is 6.81. The van der Waals surface area contributed by atoms with Crippen molar-refractivity contribution in [1.29, 1.82) is 0 Å². The Hall–Kier alpha value is -2.96. The Morgan fingerprint density at radius 1 is 1.09 bits per heavy atom. The van der Waals surface area contributed by atoms with Gasteiger partial charge in [-0.15, -0.1) is 0 Å². The molecule has 0 heterocycles. The van der Waals surface area contributed by atoms with E-state index in [9.17, 15) is 18.4 Å². The van der Waals surface area contributed by atoms with E-state index in [1.807, 2.05) is 6.07 Å². The summed E-state index contributed by atoms with van der Waals surface area (Å²) < 4.78 is 26.5. The van der Waals surface area contributed by atoms with Crippen molar-refractivity contribution in [2.75, 3.05) is 5.32 Å². The number of carbonyl (C=O) groups is 2. The predicted molar refractivity (Wildman–Crippen MR) is 81.6 cm³/mol. The Kier molecular flexibility index (Phi) is 5.24. The number of carbonyl (C=O) groups excluding carboxylic acids is 2. The van der Waals surface area contributed by atoms with Crippen LogP contribution in [0.2, 0.25) is 0 Å². The van der Waals surface area contributed by atoms with E-state index in [1.165, 1.54) is 0 Å². The van der Waals surface area contributed by atoms with E-state index < -0.39 is 29.6 Å². The van der Waals surface area contributed by atoms with E-state index >= 15 is 0 Å². The molecule has 7 heteroatoms. The number of nitrogens with one attached hydrogen (secondary N) is 2. The molecular weight excluding hydrogens is 304 g/mol. The third-order valence-electron chi connectivity index (χ3n) is 3.10. The lowest BCUT2D eigenvalue weighted by molar-refractivity contribution is -0.117. The Labute approximate surface area is 131 Å². The van der Waals surface area contributed by atoms with Crippen LogP contribution >= 0.6 is 0 Å². The van der Waals surface area contributed by atoms with Crippen LogP contribution in [0.4, 0.5) is 19.3 Å². The second-order valence-electron chi connectivity index (χ2n) is 4.86. The van der Waals surface area contributed by atoms with E-state index in [4.69, 9.17) is 5.73 Å². The number of primary amides is 1. The molecule has 0 saturated carbocycles. The van der Waals surface area contributed by atoms with Crippen LogP contribution in [0, 0.1) is 11.6 Å². The predicted octanol–water partition coefficient (Wildman–Crippen LogP) is 2.18. The van der Waals surface area contributed by atoms with Gasteiger partial charge in [-0.1, -0.05) is 30.3 Å². The zero-order valence-corrected chi connectivity index (χ0v) is 12.1. The van der Waals surface area contributed by atoms with E-state index in [0.717, 1.165) is 17.7 Å². The highest BCUT2D eigenvalue weighted by Crippen LogP contribution is 2.15. The van der Waals surface area contributed by atoms with Crippen molar-refractivity contribution < 1.29 is 18.4 Å². The number of nitrogens with two attached hydrogens (primary N) is 1. The molecule has 23 heavy (non-hydrogen) atoms. The number of halogens is 2. The molecule has 0 aromatic heterocycles. The summed E-state index contributed by atoms with van der Waals surface area (Å²) in [6.45, 7) is 0. The van der Waals surface area contributed by atoms with Crippen LogP contribution in [-0.2, 0) is 11.2 Å². The van der Waals surface area contributed by atoms with Gasteiger partial charge in [0.2, 0.25) is 5.91 Å². The highest BCUT2D eigenvalue weighted by molar-refractivity contribution is 5.97. The van der Waals surface area contributed by atoms with Crippen LogP contribution in [-0.4, -0.2) is 18.0 Å². The second kappa shape index (κ2) is 7.35. The van der Waals surface area contributed by atoms with Gasteiger partial charge >= 0.3 is 6.03 Å². The normalized spacial score (nSPS) is 11.6. The summed E-state index contributed by atoms with van der Waals surface area (Å²) in [6, 6.07) is 9.86. The van der Waals surface area contributed by atoms with Crippen molar-refractivity contribution in [3.05, 3.63) is 65.7 Å². The molecule has 2 aromatic carbocycles. The summed E-state index contributed by atoms with van der Waals surface area (Å²) in [5.74, 6) is -2.31. The fourth-order valence-corrected chi connectivity index (χ4v) is 2.04. The number of hydrogen-bond acceptors (Lipinski definition) is 2. The maximum absolute atomic E-state index is 13.6. The molecule has 120 valence electrons. The molecule has 0 spiro atoms. The monoisotopic (exact) mass is 319 g/mol. The molecule has 0 aliphatic rings. The molecule has 4 N–H and O–H groups in total. The van der Waals surface area contributed by atoms with Crippen molar-refractivity contribution >= 4 is 17.6 Å². The molecule has 3 amide bonds. The molecule has 0 radical (unpaired) electrons. The van der Waals surface area contributed by atoms with Crippen LogP contribution in [0.15, 0.2) is 48.5 Å². The topological polar surface area (TPSA) is 84.2 Å². The van der Waals surface area contributed by atoms with Crippen molar-refractivity contribution in [2.45, 2.75) is 12.5 Å². The van der Waals surface area contributed by atoms with Crippen LogP contribution in [0.25, 0.3) is 0 Å². The smallest absolute Gasteiger partial charge is 0.312 e. The average molecular weight is 319 g/mol. The van der Waals surface area contributed by atoms with Gasteiger partial charge in [-0.2, -0.15) is 0 Å². The van der Waals surface area contributed by atoms with Crippen LogP contribution in [0.5, 0.6) is 0 Å². The molecule has 0 bridgehead atoms. The van der Waals surface area contributed by atoms with E-state index in [2.05, 4.69) is 10.6 Å². The molecule has 2 aromatic rings. The van der Waals surface area contributed by atoms with Gasteiger partial charge in [-0.05, 0) is 17.7 Å². The van der Waals surface area contributed by atoms with Gasteiger partial charge in [0.1, 0.15) is 17.7 Å². The molecule has 1 atom stereocenters. The first-order chi connectivity index (χ1) is 11.0. The minimum Gasteiger partial charge on any atom is -0.352 e. The Morgan fingerprint density at radius 3 is 2.39 bits per heavy atom. The van der Waals surface area contributed by atoms with E-state index in [-0.39, 0.29) is 12.1 Å². The fraction of sp³-hybridized carbons (Fsp3) is 0.125.